The Bertz CT molecular complexity index is 876. The molecule has 0 aliphatic heterocycles. The van der Waals surface area contributed by atoms with Crippen LogP contribution in [0.25, 0.3) is 11.2 Å². The fraction of sp³-hybridized carbons (Fsp3) is 0.294. The molecule has 2 aromatic heterocycles. The lowest BCUT2D eigenvalue weighted by Gasteiger charge is -2.16. The van der Waals surface area contributed by atoms with Gasteiger partial charge < -0.3 is 10.3 Å². The van der Waals surface area contributed by atoms with Crippen molar-refractivity contribution in [3.8, 4) is 0 Å². The number of aromatic amines is 1. The quantitative estimate of drug-likeness (QED) is 0.549. The lowest BCUT2D eigenvalue weighted by molar-refractivity contribution is -0.115. The van der Waals surface area contributed by atoms with Gasteiger partial charge >= 0.3 is 0 Å². The van der Waals surface area contributed by atoms with Crippen molar-refractivity contribution >= 4 is 34.5 Å². The first-order valence-electron chi connectivity index (χ1n) is 7.80. The largest absolute Gasteiger partial charge is 0.341 e. The summed E-state index contributed by atoms with van der Waals surface area (Å²) in [5.74, 6) is -0.0460. The minimum absolute atomic E-state index is 0.0460. The second-order valence-corrected chi connectivity index (χ2v) is 6.82. The van der Waals surface area contributed by atoms with Crippen molar-refractivity contribution in [2.75, 3.05) is 5.32 Å². The normalized spacial score (nSPS) is 12.3. The Labute approximate surface area is 144 Å². The summed E-state index contributed by atoms with van der Waals surface area (Å²) in [5, 5.41) is 3.49. The summed E-state index contributed by atoms with van der Waals surface area (Å²) in [6, 6.07) is 6.06. The van der Waals surface area contributed by atoms with Gasteiger partial charge in [0.2, 0.25) is 5.91 Å². The van der Waals surface area contributed by atoms with Crippen molar-refractivity contribution in [2.24, 2.45) is 0 Å². The van der Waals surface area contributed by atoms with Gasteiger partial charge in [-0.25, -0.2) is 15.0 Å². The first-order valence-corrected chi connectivity index (χ1v) is 8.68. The summed E-state index contributed by atoms with van der Waals surface area (Å²) in [6.45, 7) is 5.96. The molecule has 0 spiro atoms. The number of nitrogens with zero attached hydrogens (tertiary/aromatic N) is 3. The van der Waals surface area contributed by atoms with Crippen LogP contribution in [0, 0.1) is 6.92 Å². The van der Waals surface area contributed by atoms with E-state index in [0.717, 1.165) is 33.8 Å². The SMILES string of the molecule is CCc1cccc(C)c1NC(=O)[C@@H](C)Sc1ncnc2nc[nH]c12. The molecule has 0 aliphatic carbocycles. The average Bonchev–Trinajstić information content (AvgIpc) is 3.06. The van der Waals surface area contributed by atoms with Crippen molar-refractivity contribution in [1.82, 2.24) is 19.9 Å². The zero-order valence-corrected chi connectivity index (χ0v) is 14.6. The number of rotatable bonds is 5. The van der Waals surface area contributed by atoms with Crippen molar-refractivity contribution < 1.29 is 4.79 Å². The Balaban J connectivity index is 1.77. The summed E-state index contributed by atoms with van der Waals surface area (Å²) in [5.41, 5.74) is 4.47. The number of nitrogens with one attached hydrogen (secondary N) is 2. The Hall–Kier alpha value is -2.41. The van der Waals surface area contributed by atoms with E-state index in [9.17, 15) is 4.79 Å². The molecule has 2 N–H and O–H groups in total. The zero-order chi connectivity index (χ0) is 17.1. The van der Waals surface area contributed by atoms with Crippen LogP contribution >= 0.6 is 11.8 Å². The van der Waals surface area contributed by atoms with Crippen molar-refractivity contribution in [1.29, 1.82) is 0 Å². The fourth-order valence-corrected chi connectivity index (χ4v) is 3.36. The highest BCUT2D eigenvalue weighted by atomic mass is 32.2. The van der Waals surface area contributed by atoms with E-state index in [4.69, 9.17) is 0 Å². The first-order chi connectivity index (χ1) is 11.6. The number of benzene rings is 1. The van der Waals surface area contributed by atoms with Crippen LogP contribution in [-0.4, -0.2) is 31.1 Å². The van der Waals surface area contributed by atoms with E-state index in [0.29, 0.717) is 5.65 Å². The highest BCUT2D eigenvalue weighted by molar-refractivity contribution is 8.00. The van der Waals surface area contributed by atoms with E-state index in [2.05, 4.69) is 32.2 Å². The molecule has 7 heteroatoms. The van der Waals surface area contributed by atoms with Crippen LogP contribution in [-0.2, 0) is 11.2 Å². The Kier molecular flexibility index (Phi) is 4.80. The van der Waals surface area contributed by atoms with Gasteiger partial charge in [0.15, 0.2) is 5.65 Å². The molecule has 1 amide bonds. The third-order valence-corrected chi connectivity index (χ3v) is 4.93. The number of fused-ring (bicyclic) bond motifs is 1. The van der Waals surface area contributed by atoms with Crippen molar-refractivity contribution in [2.45, 2.75) is 37.5 Å². The number of hydrogen-bond donors (Lipinski definition) is 2. The molecule has 0 bridgehead atoms. The maximum absolute atomic E-state index is 12.6. The molecule has 0 fully saturated rings. The van der Waals surface area contributed by atoms with E-state index < -0.39 is 0 Å². The molecular formula is C17H19N5OS. The number of anilines is 1. The van der Waals surface area contributed by atoms with E-state index >= 15 is 0 Å². The second kappa shape index (κ2) is 7.00. The maximum Gasteiger partial charge on any atom is 0.237 e. The number of aryl methyl sites for hydroxylation is 2. The van der Waals surface area contributed by atoms with Crippen molar-refractivity contribution in [3.05, 3.63) is 42.0 Å². The summed E-state index contributed by atoms with van der Waals surface area (Å²) >= 11 is 1.39. The van der Waals surface area contributed by atoms with Crippen LogP contribution in [0.5, 0.6) is 0 Å². The Morgan fingerprint density at radius 2 is 2.17 bits per heavy atom. The monoisotopic (exact) mass is 341 g/mol. The maximum atomic E-state index is 12.6. The molecule has 0 aliphatic rings. The van der Waals surface area contributed by atoms with Gasteiger partial charge in [-0.3, -0.25) is 4.79 Å². The van der Waals surface area contributed by atoms with Crippen LogP contribution in [0.15, 0.2) is 35.9 Å². The number of thioether (sulfide) groups is 1. The minimum Gasteiger partial charge on any atom is -0.341 e. The number of imidazole rings is 1. The molecule has 3 rings (SSSR count). The van der Waals surface area contributed by atoms with Gasteiger partial charge in [0, 0.05) is 5.69 Å². The first kappa shape index (κ1) is 16.4. The number of carbonyl (C=O) groups is 1. The van der Waals surface area contributed by atoms with Gasteiger partial charge in [-0.05, 0) is 31.4 Å². The number of amides is 1. The molecule has 2 heterocycles. The Morgan fingerprint density at radius 3 is 2.96 bits per heavy atom. The molecular weight excluding hydrogens is 322 g/mol. The van der Waals surface area contributed by atoms with Gasteiger partial charge in [-0.1, -0.05) is 36.9 Å². The van der Waals surface area contributed by atoms with E-state index in [1.807, 2.05) is 32.0 Å². The molecule has 0 saturated heterocycles. The van der Waals surface area contributed by atoms with E-state index in [-0.39, 0.29) is 11.2 Å². The van der Waals surface area contributed by atoms with Gasteiger partial charge in [0.05, 0.1) is 11.6 Å². The van der Waals surface area contributed by atoms with Crippen LogP contribution in [0.4, 0.5) is 5.69 Å². The number of carbonyl (C=O) groups excluding carboxylic acids is 1. The molecule has 0 unspecified atom stereocenters. The van der Waals surface area contributed by atoms with Crippen LogP contribution in [0.3, 0.4) is 0 Å². The molecule has 0 saturated carbocycles. The molecule has 1 atom stereocenters. The van der Waals surface area contributed by atoms with Gasteiger partial charge in [-0.2, -0.15) is 0 Å². The highest BCUT2D eigenvalue weighted by Crippen LogP contribution is 2.28. The van der Waals surface area contributed by atoms with Crippen LogP contribution in [0.2, 0.25) is 0 Å². The van der Waals surface area contributed by atoms with Gasteiger partial charge in [-0.15, -0.1) is 0 Å². The molecule has 6 nitrogen and oxygen atoms in total. The predicted molar refractivity (Wildman–Crippen MR) is 96.2 cm³/mol. The van der Waals surface area contributed by atoms with Gasteiger partial charge in [0.1, 0.15) is 16.9 Å². The summed E-state index contributed by atoms with van der Waals surface area (Å²) in [7, 11) is 0. The molecule has 1 aromatic carbocycles. The van der Waals surface area contributed by atoms with Crippen molar-refractivity contribution in [3.63, 3.8) is 0 Å². The third-order valence-electron chi connectivity index (χ3n) is 3.83. The lowest BCUT2D eigenvalue weighted by atomic mass is 10.1. The standard InChI is InChI=1S/C17H19N5OS/c1-4-12-7-5-6-10(2)13(12)22-16(23)11(3)24-17-14-15(19-8-18-14)20-9-21-17/h5-9,11H,4H2,1-3H3,(H,22,23)(H,18,19,20,21)/t11-/m1/s1. The highest BCUT2D eigenvalue weighted by Gasteiger charge is 2.19. The number of H-pyrrole nitrogens is 1. The Morgan fingerprint density at radius 1 is 1.33 bits per heavy atom. The molecule has 0 radical (unpaired) electrons. The predicted octanol–water partition coefficient (Wildman–Crippen LogP) is 3.34. The number of aromatic nitrogens is 4. The fourth-order valence-electron chi connectivity index (χ4n) is 2.48. The summed E-state index contributed by atoms with van der Waals surface area (Å²) < 4.78 is 0. The molecule has 124 valence electrons. The molecule has 3 aromatic rings. The third kappa shape index (κ3) is 3.26. The number of hydrogen-bond acceptors (Lipinski definition) is 5. The van der Waals surface area contributed by atoms with Crippen LogP contribution < -0.4 is 5.32 Å². The molecule has 24 heavy (non-hydrogen) atoms. The second-order valence-electron chi connectivity index (χ2n) is 5.49. The zero-order valence-electron chi connectivity index (χ0n) is 13.8. The summed E-state index contributed by atoms with van der Waals surface area (Å²) in [6.07, 6.45) is 3.92. The van der Waals surface area contributed by atoms with E-state index in [1.54, 1.807) is 6.33 Å². The average molecular weight is 341 g/mol. The topological polar surface area (TPSA) is 83.6 Å². The smallest absolute Gasteiger partial charge is 0.237 e. The lowest BCUT2D eigenvalue weighted by Crippen LogP contribution is -2.23. The number of para-hydroxylation sites is 1. The van der Waals surface area contributed by atoms with Gasteiger partial charge in [0.25, 0.3) is 0 Å². The minimum atomic E-state index is -0.296. The summed E-state index contributed by atoms with van der Waals surface area (Å²) in [4.78, 5) is 28.1. The van der Waals surface area contributed by atoms with Crippen LogP contribution in [0.1, 0.15) is 25.0 Å². The van der Waals surface area contributed by atoms with E-state index in [1.165, 1.54) is 18.1 Å².